The minimum atomic E-state index is -0.0125. The van der Waals surface area contributed by atoms with Crippen LogP contribution in [0.5, 0.6) is 0 Å². The summed E-state index contributed by atoms with van der Waals surface area (Å²) in [5, 5.41) is 6.99. The summed E-state index contributed by atoms with van der Waals surface area (Å²) in [6.07, 6.45) is 6.68. The maximum absolute atomic E-state index is 12.2. The number of amides is 1. The van der Waals surface area contributed by atoms with E-state index in [1.807, 2.05) is 31.2 Å². The van der Waals surface area contributed by atoms with Crippen molar-refractivity contribution in [3.8, 4) is 11.4 Å². The fraction of sp³-hybridized carbons (Fsp3) is 0.400. The van der Waals surface area contributed by atoms with E-state index in [1.54, 1.807) is 6.20 Å². The summed E-state index contributed by atoms with van der Waals surface area (Å²) < 4.78 is 7.41. The van der Waals surface area contributed by atoms with Gasteiger partial charge in [-0.3, -0.25) is 4.79 Å². The molecule has 0 radical (unpaired) electrons. The molecule has 0 bridgehead atoms. The monoisotopic (exact) mass is 365 g/mol. The quantitative estimate of drug-likeness (QED) is 0.722. The number of anilines is 1. The smallest absolute Gasteiger partial charge is 0.226 e. The van der Waals surface area contributed by atoms with Crippen LogP contribution in [0.2, 0.25) is 0 Å². The van der Waals surface area contributed by atoms with Gasteiger partial charge in [0.05, 0.1) is 6.20 Å². The molecule has 0 saturated carbocycles. The van der Waals surface area contributed by atoms with E-state index in [4.69, 9.17) is 4.52 Å². The Morgan fingerprint density at radius 2 is 2.11 bits per heavy atom. The molecule has 1 amide bonds. The van der Waals surface area contributed by atoms with Crippen LogP contribution < -0.4 is 5.32 Å². The van der Waals surface area contributed by atoms with Gasteiger partial charge in [0.25, 0.3) is 0 Å². The summed E-state index contributed by atoms with van der Waals surface area (Å²) in [6, 6.07) is 7.99. The summed E-state index contributed by atoms with van der Waals surface area (Å²) in [7, 11) is 0. The lowest BCUT2D eigenvalue weighted by molar-refractivity contribution is -0.116. The van der Waals surface area contributed by atoms with Crippen LogP contribution in [0.25, 0.3) is 11.4 Å². The second-order valence-corrected chi connectivity index (χ2v) is 6.95. The first-order chi connectivity index (χ1) is 13.2. The van der Waals surface area contributed by atoms with E-state index in [1.165, 1.54) is 12.0 Å². The van der Waals surface area contributed by atoms with E-state index in [9.17, 15) is 4.79 Å². The number of carbonyl (C=O) groups is 1. The zero-order chi connectivity index (χ0) is 18.6. The number of nitrogens with zero attached hydrogens (tertiary/aromatic N) is 4. The van der Waals surface area contributed by atoms with Crippen LogP contribution in [-0.2, 0) is 24.2 Å². The molecule has 3 heterocycles. The second-order valence-electron chi connectivity index (χ2n) is 6.95. The number of hydrogen-bond donors (Lipinski definition) is 1. The second kappa shape index (κ2) is 7.73. The molecule has 0 fully saturated rings. The third kappa shape index (κ3) is 4.07. The van der Waals surface area contributed by atoms with Crippen LogP contribution in [0.15, 0.2) is 35.0 Å². The highest BCUT2D eigenvalue weighted by Gasteiger charge is 2.16. The molecule has 1 N–H and O–H groups in total. The van der Waals surface area contributed by atoms with Crippen molar-refractivity contribution in [1.29, 1.82) is 0 Å². The highest BCUT2D eigenvalue weighted by molar-refractivity contribution is 5.89. The van der Waals surface area contributed by atoms with Gasteiger partial charge in [0.15, 0.2) is 0 Å². The van der Waals surface area contributed by atoms with Gasteiger partial charge in [-0.1, -0.05) is 35.0 Å². The molecule has 4 rings (SSSR count). The summed E-state index contributed by atoms with van der Waals surface area (Å²) in [4.78, 5) is 21.0. The normalized spacial score (nSPS) is 13.4. The van der Waals surface area contributed by atoms with Gasteiger partial charge in [-0.05, 0) is 26.2 Å². The molecule has 2 aromatic heterocycles. The highest BCUT2D eigenvalue weighted by Crippen LogP contribution is 2.20. The molecule has 140 valence electrons. The predicted octanol–water partition coefficient (Wildman–Crippen LogP) is 3.54. The molecule has 1 aliphatic rings. The standard InChI is InChI=1S/C20H23N5O2/c1-14-8-10-15(11-9-14)20-23-19(27-24-20)7-4-6-18(26)22-17-13-21-16-5-2-3-12-25(16)17/h8-11,13H,2-7,12H2,1H3,(H,22,26). The van der Waals surface area contributed by atoms with Crippen LogP contribution in [-0.4, -0.2) is 25.6 Å². The number of carbonyl (C=O) groups excluding carboxylic acids is 1. The summed E-state index contributed by atoms with van der Waals surface area (Å²) in [5.41, 5.74) is 2.12. The average Bonchev–Trinajstić information content (AvgIpc) is 3.30. The lowest BCUT2D eigenvalue weighted by Gasteiger charge is -2.16. The van der Waals surface area contributed by atoms with E-state index in [-0.39, 0.29) is 5.91 Å². The Kier molecular flexibility index (Phi) is 5.00. The number of rotatable bonds is 6. The molecule has 27 heavy (non-hydrogen) atoms. The first-order valence-electron chi connectivity index (χ1n) is 9.43. The molecule has 7 nitrogen and oxygen atoms in total. The van der Waals surface area contributed by atoms with Gasteiger partial charge in [0.1, 0.15) is 11.6 Å². The average molecular weight is 365 g/mol. The highest BCUT2D eigenvalue weighted by atomic mass is 16.5. The molecule has 3 aromatic rings. The van der Waals surface area contributed by atoms with Gasteiger partial charge in [0.2, 0.25) is 17.6 Å². The molecule has 1 aromatic carbocycles. The zero-order valence-electron chi connectivity index (χ0n) is 15.4. The Morgan fingerprint density at radius 1 is 1.26 bits per heavy atom. The third-order valence-electron chi connectivity index (χ3n) is 4.81. The van der Waals surface area contributed by atoms with Crippen molar-refractivity contribution in [1.82, 2.24) is 19.7 Å². The van der Waals surface area contributed by atoms with Crippen molar-refractivity contribution in [3.63, 3.8) is 0 Å². The number of benzene rings is 1. The molecule has 0 spiro atoms. The minimum Gasteiger partial charge on any atom is -0.339 e. The number of aromatic nitrogens is 4. The molecule has 1 aliphatic heterocycles. The van der Waals surface area contributed by atoms with Crippen molar-refractivity contribution < 1.29 is 9.32 Å². The summed E-state index contributed by atoms with van der Waals surface area (Å²) >= 11 is 0. The number of hydrogen-bond acceptors (Lipinski definition) is 5. The molecular formula is C20H23N5O2. The van der Waals surface area contributed by atoms with Crippen molar-refractivity contribution in [2.24, 2.45) is 0 Å². The molecule has 0 aliphatic carbocycles. The van der Waals surface area contributed by atoms with E-state index < -0.39 is 0 Å². The van der Waals surface area contributed by atoms with E-state index in [2.05, 4.69) is 25.0 Å². The first-order valence-corrected chi connectivity index (χ1v) is 9.43. The number of nitrogens with one attached hydrogen (secondary N) is 1. The topological polar surface area (TPSA) is 85.8 Å². The summed E-state index contributed by atoms with van der Waals surface area (Å²) in [5.74, 6) is 2.99. The van der Waals surface area contributed by atoms with Crippen LogP contribution in [0.1, 0.15) is 43.0 Å². The van der Waals surface area contributed by atoms with Crippen LogP contribution in [0.4, 0.5) is 5.82 Å². The Balaban J connectivity index is 1.28. The molecule has 7 heteroatoms. The van der Waals surface area contributed by atoms with Crippen LogP contribution >= 0.6 is 0 Å². The van der Waals surface area contributed by atoms with Gasteiger partial charge < -0.3 is 14.4 Å². The minimum absolute atomic E-state index is 0.0125. The molecule has 0 saturated heterocycles. The predicted molar refractivity (Wildman–Crippen MR) is 101 cm³/mol. The Morgan fingerprint density at radius 3 is 2.96 bits per heavy atom. The largest absolute Gasteiger partial charge is 0.339 e. The Labute approximate surface area is 157 Å². The number of fused-ring (bicyclic) bond motifs is 1. The third-order valence-corrected chi connectivity index (χ3v) is 4.81. The maximum atomic E-state index is 12.2. The lowest BCUT2D eigenvalue weighted by atomic mass is 10.1. The van der Waals surface area contributed by atoms with E-state index in [0.717, 1.165) is 36.6 Å². The fourth-order valence-corrected chi connectivity index (χ4v) is 3.30. The van der Waals surface area contributed by atoms with Gasteiger partial charge in [0, 0.05) is 31.4 Å². The SMILES string of the molecule is Cc1ccc(-c2noc(CCCC(=O)Nc3cnc4n3CCCC4)n2)cc1. The fourth-order valence-electron chi connectivity index (χ4n) is 3.30. The zero-order valence-corrected chi connectivity index (χ0v) is 15.4. The van der Waals surface area contributed by atoms with Crippen molar-refractivity contribution in [3.05, 3.63) is 47.7 Å². The lowest BCUT2D eigenvalue weighted by Crippen LogP contribution is -2.18. The molecule has 0 atom stereocenters. The van der Waals surface area contributed by atoms with Crippen molar-refractivity contribution in [2.45, 2.75) is 52.0 Å². The van der Waals surface area contributed by atoms with E-state index in [0.29, 0.717) is 31.0 Å². The first kappa shape index (κ1) is 17.5. The van der Waals surface area contributed by atoms with Gasteiger partial charge >= 0.3 is 0 Å². The van der Waals surface area contributed by atoms with Gasteiger partial charge in [-0.15, -0.1) is 0 Å². The van der Waals surface area contributed by atoms with Crippen molar-refractivity contribution >= 4 is 11.7 Å². The Hall–Kier alpha value is -2.96. The van der Waals surface area contributed by atoms with E-state index >= 15 is 0 Å². The maximum Gasteiger partial charge on any atom is 0.226 e. The van der Waals surface area contributed by atoms with Gasteiger partial charge in [-0.2, -0.15) is 4.98 Å². The van der Waals surface area contributed by atoms with Gasteiger partial charge in [-0.25, -0.2) is 4.98 Å². The Bertz CT molecular complexity index is 926. The number of imidazole rings is 1. The number of aryl methyl sites for hydroxylation is 3. The van der Waals surface area contributed by atoms with Crippen molar-refractivity contribution in [2.75, 3.05) is 5.32 Å². The molecular weight excluding hydrogens is 342 g/mol. The summed E-state index contributed by atoms with van der Waals surface area (Å²) in [6.45, 7) is 2.96. The van der Waals surface area contributed by atoms with Crippen LogP contribution in [0, 0.1) is 6.92 Å². The molecule has 0 unspecified atom stereocenters. The van der Waals surface area contributed by atoms with Crippen LogP contribution in [0.3, 0.4) is 0 Å².